The van der Waals surface area contributed by atoms with Crippen molar-refractivity contribution in [1.29, 1.82) is 0 Å². The lowest BCUT2D eigenvalue weighted by Gasteiger charge is -2.08. The summed E-state index contributed by atoms with van der Waals surface area (Å²) >= 11 is 1.67. The highest BCUT2D eigenvalue weighted by Gasteiger charge is 2.02. The summed E-state index contributed by atoms with van der Waals surface area (Å²) in [7, 11) is 0. The molecule has 0 spiro atoms. The van der Waals surface area contributed by atoms with Crippen LogP contribution in [0.3, 0.4) is 0 Å². The Morgan fingerprint density at radius 1 is 1.10 bits per heavy atom. The van der Waals surface area contributed by atoms with Crippen molar-refractivity contribution in [2.24, 2.45) is 0 Å². The summed E-state index contributed by atoms with van der Waals surface area (Å²) in [5.74, 6) is 0.584. The fraction of sp³-hybridized carbons (Fsp3) is 0.188. The Balaban J connectivity index is 1.74. The molecule has 1 amide bonds. The van der Waals surface area contributed by atoms with Gasteiger partial charge in [0.25, 0.3) is 5.91 Å². The van der Waals surface area contributed by atoms with Gasteiger partial charge in [-0.25, -0.2) is 0 Å². The lowest BCUT2D eigenvalue weighted by molar-refractivity contribution is -0.123. The van der Waals surface area contributed by atoms with Crippen LogP contribution in [0.2, 0.25) is 0 Å². The molecule has 4 heteroatoms. The van der Waals surface area contributed by atoms with E-state index in [-0.39, 0.29) is 12.5 Å². The summed E-state index contributed by atoms with van der Waals surface area (Å²) in [6, 6.07) is 17.5. The highest BCUT2D eigenvalue weighted by molar-refractivity contribution is 7.98. The fourth-order valence-corrected chi connectivity index (χ4v) is 2.08. The number of hydrogen-bond donors (Lipinski definition) is 1. The van der Waals surface area contributed by atoms with E-state index in [0.717, 1.165) is 5.56 Å². The van der Waals surface area contributed by atoms with Gasteiger partial charge in [0.2, 0.25) is 0 Å². The Kier molecular flexibility index (Phi) is 5.50. The molecule has 0 aliphatic heterocycles. The minimum absolute atomic E-state index is 0.0332. The number of amides is 1. The maximum Gasteiger partial charge on any atom is 0.258 e. The smallest absolute Gasteiger partial charge is 0.258 e. The zero-order chi connectivity index (χ0) is 14.2. The molecule has 0 heterocycles. The molecule has 0 saturated heterocycles. The molecule has 2 aromatic rings. The Morgan fingerprint density at radius 2 is 1.80 bits per heavy atom. The average Bonchev–Trinajstić information content (AvgIpc) is 2.52. The molecule has 0 fully saturated rings. The van der Waals surface area contributed by atoms with Crippen LogP contribution >= 0.6 is 11.8 Å². The third-order valence-corrected chi connectivity index (χ3v) is 3.51. The molecule has 2 rings (SSSR count). The van der Waals surface area contributed by atoms with Crippen LogP contribution < -0.4 is 10.1 Å². The van der Waals surface area contributed by atoms with Crippen LogP contribution in [-0.4, -0.2) is 18.8 Å². The van der Waals surface area contributed by atoms with E-state index in [2.05, 4.69) is 5.32 Å². The number of carbonyl (C=O) groups is 1. The van der Waals surface area contributed by atoms with E-state index in [1.165, 1.54) is 4.90 Å². The molecule has 0 atom stereocenters. The summed E-state index contributed by atoms with van der Waals surface area (Å²) < 4.78 is 5.43. The number of benzene rings is 2. The Labute approximate surface area is 123 Å². The lowest BCUT2D eigenvalue weighted by Crippen LogP contribution is -2.28. The molecule has 104 valence electrons. The summed E-state index contributed by atoms with van der Waals surface area (Å²) in [6.45, 7) is 0.555. The maximum absolute atomic E-state index is 11.7. The molecule has 2 aromatic carbocycles. The van der Waals surface area contributed by atoms with Crippen molar-refractivity contribution >= 4 is 17.7 Å². The average molecular weight is 287 g/mol. The topological polar surface area (TPSA) is 38.3 Å². The zero-order valence-corrected chi connectivity index (χ0v) is 12.2. The van der Waals surface area contributed by atoms with Crippen molar-refractivity contribution in [3.63, 3.8) is 0 Å². The van der Waals surface area contributed by atoms with Crippen LogP contribution in [0.5, 0.6) is 5.75 Å². The lowest BCUT2D eigenvalue weighted by atomic mass is 10.2. The van der Waals surface area contributed by atoms with Crippen LogP contribution in [0.1, 0.15) is 5.56 Å². The third kappa shape index (κ3) is 4.63. The van der Waals surface area contributed by atoms with Gasteiger partial charge in [-0.2, -0.15) is 0 Å². The molecule has 0 aromatic heterocycles. The van der Waals surface area contributed by atoms with Gasteiger partial charge < -0.3 is 10.1 Å². The van der Waals surface area contributed by atoms with Gasteiger partial charge in [0.05, 0.1) is 0 Å². The van der Waals surface area contributed by atoms with Crippen LogP contribution in [0, 0.1) is 0 Å². The second-order valence-corrected chi connectivity index (χ2v) is 5.11. The molecule has 0 unspecified atom stereocenters. The van der Waals surface area contributed by atoms with E-state index in [1.807, 2.05) is 60.9 Å². The third-order valence-electron chi connectivity index (χ3n) is 2.76. The molecule has 20 heavy (non-hydrogen) atoms. The minimum atomic E-state index is -0.122. The summed E-state index contributed by atoms with van der Waals surface area (Å²) in [6.07, 6.45) is 2.02. The number of carbonyl (C=O) groups excluding carboxylic acids is 1. The zero-order valence-electron chi connectivity index (χ0n) is 11.3. The quantitative estimate of drug-likeness (QED) is 0.830. The van der Waals surface area contributed by atoms with Gasteiger partial charge in [0.15, 0.2) is 6.61 Å². The van der Waals surface area contributed by atoms with Crippen LogP contribution in [0.25, 0.3) is 0 Å². The standard InChI is InChI=1S/C16H17NO2S/c1-20-15-9-7-14(8-10-15)19-12-16(18)17-11-13-5-3-2-4-6-13/h2-10H,11-12H2,1H3,(H,17,18). The predicted molar refractivity (Wildman–Crippen MR) is 82.0 cm³/mol. The minimum Gasteiger partial charge on any atom is -0.484 e. The van der Waals surface area contributed by atoms with Crippen molar-refractivity contribution in [2.45, 2.75) is 11.4 Å². The van der Waals surface area contributed by atoms with Gasteiger partial charge >= 0.3 is 0 Å². The highest BCUT2D eigenvalue weighted by Crippen LogP contribution is 2.18. The monoisotopic (exact) mass is 287 g/mol. The van der Waals surface area contributed by atoms with E-state index in [9.17, 15) is 4.79 Å². The molecular weight excluding hydrogens is 270 g/mol. The van der Waals surface area contributed by atoms with E-state index in [0.29, 0.717) is 12.3 Å². The van der Waals surface area contributed by atoms with Gasteiger partial charge in [-0.1, -0.05) is 30.3 Å². The molecule has 0 aliphatic carbocycles. The van der Waals surface area contributed by atoms with Crippen molar-refractivity contribution < 1.29 is 9.53 Å². The van der Waals surface area contributed by atoms with Crippen LogP contribution in [0.4, 0.5) is 0 Å². The van der Waals surface area contributed by atoms with Gasteiger partial charge in [-0.15, -0.1) is 11.8 Å². The van der Waals surface area contributed by atoms with Gasteiger partial charge in [-0.05, 0) is 36.1 Å². The molecule has 0 radical (unpaired) electrons. The first-order valence-corrected chi connectivity index (χ1v) is 7.58. The first-order valence-electron chi connectivity index (χ1n) is 6.35. The van der Waals surface area contributed by atoms with E-state index in [1.54, 1.807) is 11.8 Å². The molecule has 0 saturated carbocycles. The first-order chi connectivity index (χ1) is 9.78. The summed E-state index contributed by atoms with van der Waals surface area (Å²) in [5.41, 5.74) is 1.07. The number of ether oxygens (including phenoxy) is 1. The van der Waals surface area contributed by atoms with Crippen molar-refractivity contribution in [3.8, 4) is 5.75 Å². The predicted octanol–water partition coefficient (Wildman–Crippen LogP) is 3.10. The first kappa shape index (κ1) is 14.5. The van der Waals surface area contributed by atoms with E-state index in [4.69, 9.17) is 4.74 Å². The van der Waals surface area contributed by atoms with E-state index >= 15 is 0 Å². The SMILES string of the molecule is CSc1ccc(OCC(=O)NCc2ccccc2)cc1. The molecular formula is C16H17NO2S. The molecule has 1 N–H and O–H groups in total. The van der Waals surface area contributed by atoms with Gasteiger partial charge in [0.1, 0.15) is 5.75 Å². The second kappa shape index (κ2) is 7.60. The molecule has 0 bridgehead atoms. The summed E-state index contributed by atoms with van der Waals surface area (Å²) in [4.78, 5) is 12.8. The normalized spacial score (nSPS) is 10.1. The number of thioether (sulfide) groups is 1. The molecule has 0 aliphatic rings. The largest absolute Gasteiger partial charge is 0.484 e. The second-order valence-electron chi connectivity index (χ2n) is 4.23. The number of nitrogens with one attached hydrogen (secondary N) is 1. The van der Waals surface area contributed by atoms with Crippen LogP contribution in [-0.2, 0) is 11.3 Å². The fourth-order valence-electron chi connectivity index (χ4n) is 1.67. The Morgan fingerprint density at radius 3 is 2.45 bits per heavy atom. The van der Waals surface area contributed by atoms with Crippen molar-refractivity contribution in [1.82, 2.24) is 5.32 Å². The van der Waals surface area contributed by atoms with Gasteiger partial charge in [-0.3, -0.25) is 4.79 Å². The highest BCUT2D eigenvalue weighted by atomic mass is 32.2. The summed E-state index contributed by atoms with van der Waals surface area (Å²) in [5, 5.41) is 2.82. The number of hydrogen-bond acceptors (Lipinski definition) is 3. The van der Waals surface area contributed by atoms with Gasteiger partial charge in [0, 0.05) is 11.4 Å². The Hall–Kier alpha value is -1.94. The maximum atomic E-state index is 11.7. The van der Waals surface area contributed by atoms with E-state index < -0.39 is 0 Å². The number of rotatable bonds is 6. The van der Waals surface area contributed by atoms with Crippen molar-refractivity contribution in [2.75, 3.05) is 12.9 Å². The Bertz CT molecular complexity index is 540. The molecule has 3 nitrogen and oxygen atoms in total. The van der Waals surface area contributed by atoms with Crippen molar-refractivity contribution in [3.05, 3.63) is 60.2 Å². The van der Waals surface area contributed by atoms with Crippen LogP contribution in [0.15, 0.2) is 59.5 Å².